The fraction of sp³-hybridized carbons (Fsp3) is 0.625. The first-order valence-corrected chi connectivity index (χ1v) is 7.83. The maximum Gasteiger partial charge on any atom is 0.335 e. The Bertz CT molecular complexity index is 463. The smallest absolute Gasteiger partial charge is 0.335 e. The van der Waals surface area contributed by atoms with Crippen molar-refractivity contribution >= 4 is 23.4 Å². The van der Waals surface area contributed by atoms with Gasteiger partial charge in [0.1, 0.15) is 11.0 Å². The molecule has 0 fully saturated rings. The van der Waals surface area contributed by atoms with Crippen LogP contribution in [0.3, 0.4) is 0 Å². The summed E-state index contributed by atoms with van der Waals surface area (Å²) < 4.78 is 0. The number of aromatic nitrogens is 1. The Morgan fingerprint density at radius 3 is 2.14 bits per heavy atom. The van der Waals surface area contributed by atoms with Gasteiger partial charge in [-0.2, -0.15) is 0 Å². The van der Waals surface area contributed by atoms with Crippen LogP contribution in [0, 0.1) is 11.8 Å². The average Bonchev–Trinajstić information content (AvgIpc) is 2.37. The molecule has 0 atom stereocenters. The highest BCUT2D eigenvalue weighted by Crippen LogP contribution is 2.20. The first-order chi connectivity index (χ1) is 9.79. The highest BCUT2D eigenvalue weighted by molar-refractivity contribution is 6.29. The predicted molar refractivity (Wildman–Crippen MR) is 87.3 cm³/mol. The number of carboxylic acid groups (broad SMARTS) is 1. The minimum Gasteiger partial charge on any atom is -0.478 e. The summed E-state index contributed by atoms with van der Waals surface area (Å²) in [6.45, 7) is 10.4. The fourth-order valence-electron chi connectivity index (χ4n) is 1.94. The zero-order valence-corrected chi connectivity index (χ0v) is 14.0. The topological polar surface area (TPSA) is 53.4 Å². The molecule has 0 saturated carbocycles. The Labute approximate surface area is 132 Å². The number of hydrogen-bond acceptors (Lipinski definition) is 3. The van der Waals surface area contributed by atoms with E-state index in [1.807, 2.05) is 0 Å². The van der Waals surface area contributed by atoms with E-state index >= 15 is 0 Å². The number of pyridine rings is 1. The standard InChI is InChI=1S/C16H25ClN2O2/c1-11(2)5-7-19(8-6-12(3)4)15-10-13(16(20)21)9-14(17)18-15/h9-12H,5-8H2,1-4H3,(H,20,21). The van der Waals surface area contributed by atoms with Gasteiger partial charge in [-0.3, -0.25) is 0 Å². The zero-order valence-electron chi connectivity index (χ0n) is 13.3. The minimum atomic E-state index is -0.979. The Morgan fingerprint density at radius 2 is 1.71 bits per heavy atom. The van der Waals surface area contributed by atoms with E-state index in [0.29, 0.717) is 17.7 Å². The van der Waals surface area contributed by atoms with Gasteiger partial charge in [-0.05, 0) is 36.8 Å². The molecule has 1 N–H and O–H groups in total. The van der Waals surface area contributed by atoms with E-state index in [-0.39, 0.29) is 10.7 Å². The molecule has 0 aromatic carbocycles. The summed E-state index contributed by atoms with van der Waals surface area (Å²) in [6.07, 6.45) is 2.07. The SMILES string of the molecule is CC(C)CCN(CCC(C)C)c1cc(C(=O)O)cc(Cl)n1. The molecular formula is C16H25ClN2O2. The molecule has 0 saturated heterocycles. The molecule has 0 radical (unpaired) electrons. The molecule has 0 bridgehead atoms. The summed E-state index contributed by atoms with van der Waals surface area (Å²) in [6, 6.07) is 2.99. The molecule has 0 spiro atoms. The van der Waals surface area contributed by atoms with Crippen LogP contribution >= 0.6 is 11.6 Å². The van der Waals surface area contributed by atoms with Gasteiger partial charge in [-0.15, -0.1) is 0 Å². The number of carboxylic acids is 1. The van der Waals surface area contributed by atoms with Crippen LogP contribution in [0.15, 0.2) is 12.1 Å². The second-order valence-corrected chi connectivity index (χ2v) is 6.58. The van der Waals surface area contributed by atoms with Gasteiger partial charge < -0.3 is 10.0 Å². The number of nitrogens with zero attached hydrogens (tertiary/aromatic N) is 2. The minimum absolute atomic E-state index is 0.184. The van der Waals surface area contributed by atoms with Crippen LogP contribution in [0.5, 0.6) is 0 Å². The number of hydrogen-bond donors (Lipinski definition) is 1. The normalized spacial score (nSPS) is 11.2. The number of carbonyl (C=O) groups is 1. The van der Waals surface area contributed by atoms with Gasteiger partial charge in [-0.25, -0.2) is 9.78 Å². The number of rotatable bonds is 8. The molecule has 0 unspecified atom stereocenters. The zero-order chi connectivity index (χ0) is 16.0. The predicted octanol–water partition coefficient (Wildman–Crippen LogP) is 4.33. The highest BCUT2D eigenvalue weighted by Gasteiger charge is 2.14. The number of aromatic carboxylic acids is 1. The van der Waals surface area contributed by atoms with Crippen molar-refractivity contribution in [2.45, 2.75) is 40.5 Å². The summed E-state index contributed by atoms with van der Waals surface area (Å²) >= 11 is 5.96. The molecule has 0 aliphatic rings. The van der Waals surface area contributed by atoms with Gasteiger partial charge in [0.25, 0.3) is 0 Å². The summed E-state index contributed by atoms with van der Waals surface area (Å²) in [5.74, 6) is 0.851. The Hall–Kier alpha value is -1.29. The van der Waals surface area contributed by atoms with E-state index in [2.05, 4.69) is 37.6 Å². The summed E-state index contributed by atoms with van der Waals surface area (Å²) in [5.41, 5.74) is 0.184. The summed E-state index contributed by atoms with van der Waals surface area (Å²) in [5, 5.41) is 9.37. The van der Waals surface area contributed by atoms with Gasteiger partial charge in [0.05, 0.1) is 5.56 Å². The van der Waals surface area contributed by atoms with E-state index in [9.17, 15) is 4.79 Å². The highest BCUT2D eigenvalue weighted by atomic mass is 35.5. The molecule has 1 aromatic heterocycles. The Morgan fingerprint density at radius 1 is 1.19 bits per heavy atom. The largest absolute Gasteiger partial charge is 0.478 e. The third kappa shape index (κ3) is 6.34. The van der Waals surface area contributed by atoms with Crippen molar-refractivity contribution in [3.8, 4) is 0 Å². The van der Waals surface area contributed by atoms with Crippen LogP contribution in [0.25, 0.3) is 0 Å². The van der Waals surface area contributed by atoms with Gasteiger partial charge in [0, 0.05) is 13.1 Å². The van der Waals surface area contributed by atoms with E-state index < -0.39 is 5.97 Å². The Balaban J connectivity index is 2.97. The van der Waals surface area contributed by atoms with Gasteiger partial charge in [0.2, 0.25) is 0 Å². The molecular weight excluding hydrogens is 288 g/mol. The lowest BCUT2D eigenvalue weighted by Gasteiger charge is -2.26. The monoisotopic (exact) mass is 312 g/mol. The van der Waals surface area contributed by atoms with Crippen molar-refractivity contribution in [1.29, 1.82) is 0 Å². The van der Waals surface area contributed by atoms with Crippen LogP contribution in [0.4, 0.5) is 5.82 Å². The number of anilines is 1. The molecule has 5 heteroatoms. The summed E-state index contributed by atoms with van der Waals surface area (Å²) in [7, 11) is 0. The van der Waals surface area contributed by atoms with E-state index in [1.54, 1.807) is 6.07 Å². The van der Waals surface area contributed by atoms with Crippen LogP contribution in [0.1, 0.15) is 50.9 Å². The maximum atomic E-state index is 11.2. The lowest BCUT2D eigenvalue weighted by Crippen LogP contribution is -2.28. The number of halogens is 1. The molecule has 21 heavy (non-hydrogen) atoms. The van der Waals surface area contributed by atoms with E-state index in [4.69, 9.17) is 16.7 Å². The molecule has 118 valence electrons. The van der Waals surface area contributed by atoms with Gasteiger partial charge in [0.15, 0.2) is 0 Å². The van der Waals surface area contributed by atoms with Crippen molar-refractivity contribution in [1.82, 2.24) is 4.98 Å². The third-order valence-corrected chi connectivity index (χ3v) is 3.50. The van der Waals surface area contributed by atoms with Crippen LogP contribution in [0.2, 0.25) is 5.15 Å². The Kier molecular flexibility index (Phi) is 6.96. The molecule has 1 rings (SSSR count). The van der Waals surface area contributed by atoms with Crippen molar-refractivity contribution in [2.24, 2.45) is 11.8 Å². The molecule has 0 amide bonds. The maximum absolute atomic E-state index is 11.2. The molecule has 1 heterocycles. The van der Waals surface area contributed by atoms with Gasteiger partial charge >= 0.3 is 5.97 Å². The second kappa shape index (κ2) is 8.23. The van der Waals surface area contributed by atoms with Gasteiger partial charge in [-0.1, -0.05) is 39.3 Å². The molecule has 1 aromatic rings. The average molecular weight is 313 g/mol. The van der Waals surface area contributed by atoms with Crippen LogP contribution in [-0.4, -0.2) is 29.1 Å². The van der Waals surface area contributed by atoms with E-state index in [1.165, 1.54) is 6.07 Å². The lowest BCUT2D eigenvalue weighted by atomic mass is 10.1. The van der Waals surface area contributed by atoms with Crippen LogP contribution < -0.4 is 4.90 Å². The summed E-state index contributed by atoms with van der Waals surface area (Å²) in [4.78, 5) is 17.6. The fourth-order valence-corrected chi connectivity index (χ4v) is 2.14. The first kappa shape index (κ1) is 17.8. The third-order valence-electron chi connectivity index (χ3n) is 3.30. The first-order valence-electron chi connectivity index (χ1n) is 7.45. The molecule has 0 aliphatic carbocycles. The van der Waals surface area contributed by atoms with Crippen LogP contribution in [-0.2, 0) is 0 Å². The van der Waals surface area contributed by atoms with Crippen molar-refractivity contribution in [2.75, 3.05) is 18.0 Å². The van der Waals surface area contributed by atoms with Crippen molar-refractivity contribution in [3.63, 3.8) is 0 Å². The van der Waals surface area contributed by atoms with Crippen molar-refractivity contribution in [3.05, 3.63) is 22.8 Å². The van der Waals surface area contributed by atoms with Crippen molar-refractivity contribution < 1.29 is 9.90 Å². The second-order valence-electron chi connectivity index (χ2n) is 6.19. The quantitative estimate of drug-likeness (QED) is 0.726. The lowest BCUT2D eigenvalue weighted by molar-refractivity contribution is 0.0696. The molecule has 4 nitrogen and oxygen atoms in total. The van der Waals surface area contributed by atoms with E-state index in [0.717, 1.165) is 25.9 Å². The molecule has 0 aliphatic heterocycles.